The van der Waals surface area contributed by atoms with Crippen molar-refractivity contribution >= 4 is 9.52 Å². The third-order valence-corrected chi connectivity index (χ3v) is 3.44. The molecule has 0 aliphatic rings. The fraction of sp³-hybridized carbons (Fsp3) is 1.00. The molecule has 0 saturated carbocycles. The Kier molecular flexibility index (Phi) is 9.26. The molecule has 0 heterocycles. The smallest absolute Gasteiger partial charge is 0.134 e. The second-order valence-corrected chi connectivity index (χ2v) is 4.61. The van der Waals surface area contributed by atoms with Gasteiger partial charge in [-0.25, -0.2) is 0 Å². The van der Waals surface area contributed by atoms with E-state index in [0.29, 0.717) is 0 Å². The van der Waals surface area contributed by atoms with Gasteiger partial charge in [0.15, 0.2) is 0 Å². The van der Waals surface area contributed by atoms with E-state index in [2.05, 4.69) is 6.92 Å². The summed E-state index contributed by atoms with van der Waals surface area (Å²) in [6.07, 6.45) is 1.10. The van der Waals surface area contributed by atoms with E-state index in [4.69, 9.17) is 14.2 Å². The van der Waals surface area contributed by atoms with E-state index in [1.54, 1.807) is 14.2 Å². The van der Waals surface area contributed by atoms with Crippen LogP contribution in [-0.4, -0.2) is 42.9 Å². The fourth-order valence-corrected chi connectivity index (χ4v) is 2.11. The van der Waals surface area contributed by atoms with Crippen molar-refractivity contribution in [3.63, 3.8) is 0 Å². The first-order valence-corrected chi connectivity index (χ1v) is 6.30. The van der Waals surface area contributed by atoms with Gasteiger partial charge in [-0.2, -0.15) is 0 Å². The van der Waals surface area contributed by atoms with Crippen LogP contribution in [0, 0.1) is 0 Å². The Labute approximate surface area is 77.2 Å². The zero-order chi connectivity index (χ0) is 9.23. The molecule has 0 unspecified atom stereocenters. The van der Waals surface area contributed by atoms with E-state index in [0.717, 1.165) is 25.7 Å². The summed E-state index contributed by atoms with van der Waals surface area (Å²) in [6, 6.07) is 1.13. The molecule has 0 aromatic rings. The van der Waals surface area contributed by atoms with Crippen molar-refractivity contribution in [2.24, 2.45) is 0 Å². The highest BCUT2D eigenvalue weighted by Crippen LogP contribution is 1.93. The van der Waals surface area contributed by atoms with Crippen LogP contribution in [0.3, 0.4) is 0 Å². The van der Waals surface area contributed by atoms with E-state index in [-0.39, 0.29) is 15.4 Å². The van der Waals surface area contributed by atoms with Gasteiger partial charge in [-0.3, -0.25) is 0 Å². The van der Waals surface area contributed by atoms with Crippen LogP contribution in [0.5, 0.6) is 0 Å². The van der Waals surface area contributed by atoms with Gasteiger partial charge in [-0.15, -0.1) is 0 Å². The van der Waals surface area contributed by atoms with Crippen LogP contribution >= 0.6 is 0 Å². The number of ether oxygens (including phenoxy) is 3. The second-order valence-electron chi connectivity index (χ2n) is 2.66. The summed E-state index contributed by atoms with van der Waals surface area (Å²) in [5.41, 5.74) is 0. The summed E-state index contributed by atoms with van der Waals surface area (Å²) in [5.74, 6) is 0.0650. The molecule has 0 aromatic heterocycles. The van der Waals surface area contributed by atoms with Crippen LogP contribution in [0.2, 0.25) is 6.04 Å². The number of rotatable bonds is 8. The van der Waals surface area contributed by atoms with Crippen molar-refractivity contribution in [3.8, 4) is 0 Å². The molecule has 0 N–H and O–H groups in total. The minimum Gasteiger partial charge on any atom is -0.382 e. The molecule has 0 atom stereocenters. The average Bonchev–Trinajstić information content (AvgIpc) is 2.11. The van der Waals surface area contributed by atoms with Gasteiger partial charge in [0.25, 0.3) is 0 Å². The molecule has 0 radical (unpaired) electrons. The highest BCUT2D eigenvalue weighted by Gasteiger charge is 2.04. The fourth-order valence-electron chi connectivity index (χ4n) is 0.930. The predicted molar refractivity (Wildman–Crippen MR) is 52.3 cm³/mol. The van der Waals surface area contributed by atoms with Crippen molar-refractivity contribution in [2.45, 2.75) is 25.3 Å². The van der Waals surface area contributed by atoms with Crippen LogP contribution in [0.1, 0.15) is 13.3 Å². The van der Waals surface area contributed by atoms with Gasteiger partial charge >= 0.3 is 0 Å². The topological polar surface area (TPSA) is 27.7 Å². The zero-order valence-electron chi connectivity index (χ0n) is 8.34. The highest BCUT2D eigenvalue weighted by atomic mass is 28.2. The van der Waals surface area contributed by atoms with Gasteiger partial charge in [-0.1, -0.05) is 6.92 Å². The molecule has 3 nitrogen and oxygen atoms in total. The van der Waals surface area contributed by atoms with Gasteiger partial charge in [0.2, 0.25) is 0 Å². The van der Waals surface area contributed by atoms with Crippen LogP contribution in [0.4, 0.5) is 0 Å². The first kappa shape index (κ1) is 12.1. The number of hydrogen-bond acceptors (Lipinski definition) is 3. The van der Waals surface area contributed by atoms with Gasteiger partial charge in [-0.05, 0) is 12.5 Å². The van der Waals surface area contributed by atoms with Crippen molar-refractivity contribution in [1.82, 2.24) is 0 Å². The van der Waals surface area contributed by atoms with Gasteiger partial charge in [0.1, 0.15) is 5.91 Å². The molecule has 12 heavy (non-hydrogen) atoms. The molecule has 0 amide bonds. The lowest BCUT2D eigenvalue weighted by atomic mass is 10.5. The zero-order valence-corrected chi connectivity index (χ0v) is 9.75. The Hall–Kier alpha value is 0.0969. The van der Waals surface area contributed by atoms with Gasteiger partial charge < -0.3 is 14.2 Å². The Morgan fingerprint density at radius 3 is 2.33 bits per heavy atom. The van der Waals surface area contributed by atoms with Crippen molar-refractivity contribution in [2.75, 3.05) is 27.4 Å². The van der Waals surface area contributed by atoms with E-state index in [9.17, 15) is 0 Å². The minimum atomic E-state index is -0.272. The molecule has 0 aromatic carbocycles. The maximum atomic E-state index is 5.35. The standard InChI is InChI=1S/C8H20O3Si/c1-4-5-11-6-7-12-8(9-2)10-3/h8H,4-7,12H2,1-3H3. The summed E-state index contributed by atoms with van der Waals surface area (Å²) in [6.45, 7) is 3.85. The molecule has 0 spiro atoms. The second kappa shape index (κ2) is 9.19. The molecular weight excluding hydrogens is 172 g/mol. The lowest BCUT2D eigenvalue weighted by molar-refractivity contribution is -0.0445. The maximum Gasteiger partial charge on any atom is 0.134 e. The largest absolute Gasteiger partial charge is 0.382 e. The summed E-state index contributed by atoms with van der Waals surface area (Å²) in [4.78, 5) is 0. The third kappa shape index (κ3) is 6.79. The molecule has 0 saturated heterocycles. The summed E-state index contributed by atoms with van der Waals surface area (Å²) < 4.78 is 15.5. The molecular formula is C8H20O3Si. The molecule has 0 fully saturated rings. The van der Waals surface area contributed by atoms with Crippen molar-refractivity contribution < 1.29 is 14.2 Å². The molecule has 0 aliphatic heterocycles. The molecule has 0 bridgehead atoms. The third-order valence-electron chi connectivity index (χ3n) is 1.60. The summed E-state index contributed by atoms with van der Waals surface area (Å²) in [7, 11) is 3.10. The first-order valence-electron chi connectivity index (χ1n) is 4.48. The Morgan fingerprint density at radius 1 is 1.17 bits per heavy atom. The van der Waals surface area contributed by atoms with Crippen molar-refractivity contribution in [1.29, 1.82) is 0 Å². The predicted octanol–water partition coefficient (Wildman–Crippen LogP) is 0.576. The monoisotopic (exact) mass is 192 g/mol. The minimum absolute atomic E-state index is 0.0650. The average molecular weight is 192 g/mol. The lowest BCUT2D eigenvalue weighted by Crippen LogP contribution is -2.22. The van der Waals surface area contributed by atoms with Gasteiger partial charge in [0.05, 0.1) is 9.52 Å². The van der Waals surface area contributed by atoms with Crippen LogP contribution in [0.25, 0.3) is 0 Å². The Bertz CT molecular complexity index is 86.4. The van der Waals surface area contributed by atoms with Crippen molar-refractivity contribution in [3.05, 3.63) is 0 Å². The van der Waals surface area contributed by atoms with Crippen LogP contribution in [0.15, 0.2) is 0 Å². The first-order chi connectivity index (χ1) is 5.85. The molecule has 0 rings (SSSR count). The number of methoxy groups -OCH3 is 2. The van der Waals surface area contributed by atoms with E-state index >= 15 is 0 Å². The van der Waals surface area contributed by atoms with E-state index < -0.39 is 0 Å². The lowest BCUT2D eigenvalue weighted by Gasteiger charge is -2.12. The summed E-state index contributed by atoms with van der Waals surface area (Å²) in [5, 5.41) is 0. The SMILES string of the molecule is CCCOCC[SiH2]C(OC)OC. The van der Waals surface area contributed by atoms with Gasteiger partial charge in [0, 0.05) is 27.4 Å². The van der Waals surface area contributed by atoms with Crippen LogP contribution < -0.4 is 0 Å². The highest BCUT2D eigenvalue weighted by molar-refractivity contribution is 6.36. The normalized spacial score (nSPS) is 12.0. The Morgan fingerprint density at radius 2 is 1.83 bits per heavy atom. The Balaban J connectivity index is 3.06. The maximum absolute atomic E-state index is 5.35. The van der Waals surface area contributed by atoms with E-state index in [1.165, 1.54) is 0 Å². The van der Waals surface area contributed by atoms with Crippen LogP contribution in [-0.2, 0) is 14.2 Å². The molecule has 74 valence electrons. The molecule has 0 aliphatic carbocycles. The number of hydrogen-bond donors (Lipinski definition) is 0. The summed E-state index contributed by atoms with van der Waals surface area (Å²) >= 11 is 0. The van der Waals surface area contributed by atoms with E-state index in [1.807, 2.05) is 0 Å². The quantitative estimate of drug-likeness (QED) is 0.320. The molecule has 4 heteroatoms.